The highest BCUT2D eigenvalue weighted by atomic mass is 32.2. The van der Waals surface area contributed by atoms with E-state index in [1.54, 1.807) is 27.0 Å². The van der Waals surface area contributed by atoms with Gasteiger partial charge in [-0.25, -0.2) is 54.7 Å². The Balaban J connectivity index is 0.000000232. The SMILES string of the molecule is COc1ccc(S(=O)(=O)c2ccc(COc3cc4cc(Oc5ccc(S(=O)(=O)c6ccc(C)c(SOOO)c6)cc5S(=O)(=O)O)c(SOOO)cc4cc3S(=O)(=O)O)cc2)cc1.COc1ccc2ccc(Oc3ccc(S(=O)(=O)c4ccc(COc5cc6cc(Oc7ccc(S(=O)(=O)c8ccc(C)c(SOOO)c8)cc7S(=O)(=O)O)c(SOOO)cc6cc5S(=O)(=O)O)cc4)cc3)cc2c1. The molecule has 135 heavy (non-hydrogen) atoms. The van der Waals surface area contributed by atoms with Crippen LogP contribution in [0.2, 0.25) is 0 Å². The molecule has 0 amide bonds. The molecular weight excluding hydrogens is 2020 g/mol. The summed E-state index contributed by atoms with van der Waals surface area (Å²) in [4.78, 5) is -5.12. The number of rotatable bonds is 38. The molecule has 0 aliphatic heterocycles. The van der Waals surface area contributed by atoms with Crippen LogP contribution < -0.4 is 33.2 Å². The lowest BCUT2D eigenvalue weighted by molar-refractivity contribution is -0.432. The summed E-state index contributed by atoms with van der Waals surface area (Å²) < 4.78 is 308. The van der Waals surface area contributed by atoms with Crippen molar-refractivity contribution in [2.45, 2.75) is 105 Å². The lowest BCUT2D eigenvalue weighted by Gasteiger charge is -2.16. The Labute approximate surface area is 785 Å². The van der Waals surface area contributed by atoms with Crippen molar-refractivity contribution >= 4 is 160 Å². The summed E-state index contributed by atoms with van der Waals surface area (Å²) >= 11 is 1.59. The molecule has 8 N–H and O–H groups in total. The number of sulfone groups is 4. The molecule has 708 valence electrons. The maximum atomic E-state index is 13.7. The molecule has 0 aliphatic carbocycles. The quantitative estimate of drug-likeness (QED) is 0.00771. The lowest BCUT2D eigenvalue weighted by Crippen LogP contribution is -2.07. The fourth-order valence-electron chi connectivity index (χ4n) is 12.8. The number of aryl methyl sites for hydroxylation is 2. The minimum atomic E-state index is -5.24. The molecule has 0 aliphatic rings. The van der Waals surface area contributed by atoms with E-state index >= 15 is 0 Å². The molecule has 0 unspecified atom stereocenters. The number of ether oxygens (including phenoxy) is 7. The zero-order chi connectivity index (χ0) is 97.3. The van der Waals surface area contributed by atoms with Crippen molar-refractivity contribution in [1.29, 1.82) is 0 Å². The zero-order valence-electron chi connectivity index (χ0n) is 68.8. The molecule has 0 radical (unpaired) electrons. The Hall–Kier alpha value is -11.2. The third-order valence-corrected chi connectivity index (χ3v) is 32.8. The van der Waals surface area contributed by atoms with Gasteiger partial charge < -0.3 is 33.2 Å². The molecule has 0 atom stereocenters. The molecule has 0 saturated carbocycles. The van der Waals surface area contributed by atoms with Crippen molar-refractivity contribution in [3.8, 4) is 57.5 Å². The second-order valence-corrected chi connectivity index (χ2v) is 44.3. The highest BCUT2D eigenvalue weighted by Crippen LogP contribution is 2.46. The smallest absolute Gasteiger partial charge is 0.298 e. The van der Waals surface area contributed by atoms with E-state index in [2.05, 4.69) is 37.5 Å². The van der Waals surface area contributed by atoms with Crippen LogP contribution in [-0.4, -0.2) is 121 Å². The molecule has 14 rings (SSSR count). The normalized spacial score (nSPS) is 12.3. The Morgan fingerprint density at radius 1 is 0.244 bits per heavy atom. The van der Waals surface area contributed by atoms with Gasteiger partial charge in [0.1, 0.15) is 90.3 Å². The van der Waals surface area contributed by atoms with Crippen LogP contribution in [0.15, 0.2) is 333 Å². The second-order valence-electron chi connectivity index (χ2n) is 28.0. The second kappa shape index (κ2) is 42.2. The monoisotopic (exact) mass is 2080 g/mol. The molecule has 14 aromatic carbocycles. The van der Waals surface area contributed by atoms with Gasteiger partial charge in [0.2, 0.25) is 39.3 Å². The van der Waals surface area contributed by atoms with Crippen molar-refractivity contribution in [1.82, 2.24) is 0 Å². The number of hydrogen-bond donors (Lipinski definition) is 8. The molecule has 0 fully saturated rings. The predicted molar refractivity (Wildman–Crippen MR) is 479 cm³/mol. The lowest BCUT2D eigenvalue weighted by atomic mass is 10.1. The standard InChI is InChI=1S/C47H36O20S6.C37H30O19S6/c1-28-3-12-39(25-44(28)68-66-64-48)71(52,53)40-17-18-41(47(26-40)73(57,58)59)63-42-21-32-22-43(46(72(54,55)56)24-33(32)23-45(42)69-67-65-49)61-27-29-4-13-37(14-5-29)70(50,51)38-15-10-34(11-16-38)62-36-9-7-30-6-8-35(60-2)19-31(30)20-36;1-22-3-8-29(19-34(22)57-55-53-38)60(42,43)30-13-14-31(37(20-30)62(47,48)49)52-32-15-24-16-33(36(61(44,45)46)18-25(24)17-35(32)58-56-54-39)51-21-23-4-9-27(10-5-23)59(40,41)28-11-6-26(50-2)7-12-28/h3-26,48-49H,27H2,1-2H3,(H,54,55,56)(H,57,58,59);3-20,38-39H,21H2,1-2H3,(H,44,45,46)(H,47,48,49). The summed E-state index contributed by atoms with van der Waals surface area (Å²) in [6, 6.07) is 56.0. The first kappa shape index (κ1) is 101. The summed E-state index contributed by atoms with van der Waals surface area (Å²) in [5, 5.41) is 51.8. The number of fused-ring (bicyclic) bond motifs is 3. The Morgan fingerprint density at radius 3 is 0.889 bits per heavy atom. The van der Waals surface area contributed by atoms with Crippen molar-refractivity contribution in [2.24, 2.45) is 0 Å². The first-order chi connectivity index (χ1) is 63.9. The van der Waals surface area contributed by atoms with E-state index in [1.165, 1.54) is 177 Å². The fraction of sp³-hybridized carbons (Fsp3) is 0.0714. The van der Waals surface area contributed by atoms with Gasteiger partial charge in [0.15, 0.2) is 0 Å². The van der Waals surface area contributed by atoms with Crippen LogP contribution in [-0.2, 0) is 131 Å². The van der Waals surface area contributed by atoms with Crippen molar-refractivity contribution < 1.29 is 177 Å². The van der Waals surface area contributed by atoms with Crippen molar-refractivity contribution in [3.63, 3.8) is 0 Å². The van der Waals surface area contributed by atoms with Gasteiger partial charge in [-0.05, 0) is 275 Å². The van der Waals surface area contributed by atoms with Gasteiger partial charge in [0.05, 0.1) is 111 Å². The van der Waals surface area contributed by atoms with E-state index in [-0.39, 0.29) is 107 Å². The molecule has 39 nitrogen and oxygen atoms in total. The van der Waals surface area contributed by atoms with Crippen LogP contribution in [0.1, 0.15) is 22.3 Å². The maximum absolute atomic E-state index is 13.7. The number of hydrogen-bond acceptors (Lipinski definition) is 39. The Bertz CT molecular complexity index is 7860. The van der Waals surface area contributed by atoms with E-state index in [0.717, 1.165) is 47.2 Å². The van der Waals surface area contributed by atoms with Gasteiger partial charge in [-0.3, -0.25) is 18.2 Å². The van der Waals surface area contributed by atoms with Crippen LogP contribution in [0.5, 0.6) is 57.5 Å². The highest BCUT2D eigenvalue weighted by Gasteiger charge is 2.32. The fourth-order valence-corrected chi connectivity index (χ4v) is 22.7. The summed E-state index contributed by atoms with van der Waals surface area (Å²) in [7, 11) is -34.3. The maximum Gasteiger partial charge on any atom is 0.298 e. The van der Waals surface area contributed by atoms with Gasteiger partial charge in [0.25, 0.3) is 40.5 Å². The molecule has 0 aromatic heterocycles. The van der Waals surface area contributed by atoms with E-state index in [1.807, 2.05) is 30.3 Å². The molecule has 0 spiro atoms. The van der Waals surface area contributed by atoms with Crippen LogP contribution in [0.3, 0.4) is 0 Å². The van der Waals surface area contributed by atoms with Gasteiger partial charge in [-0.2, -0.15) is 33.7 Å². The van der Waals surface area contributed by atoms with Crippen LogP contribution in [0.25, 0.3) is 32.3 Å². The summed E-state index contributed by atoms with van der Waals surface area (Å²) in [6.45, 7) is 2.56. The highest BCUT2D eigenvalue weighted by molar-refractivity contribution is 7.96. The van der Waals surface area contributed by atoms with Gasteiger partial charge in [-0.15, -0.1) is 17.3 Å². The molecule has 0 heterocycles. The van der Waals surface area contributed by atoms with Crippen LogP contribution in [0.4, 0.5) is 0 Å². The Kier molecular flexibility index (Phi) is 31.7. The van der Waals surface area contributed by atoms with Gasteiger partial charge in [-0.1, -0.05) is 68.7 Å². The Morgan fingerprint density at radius 2 is 0.526 bits per heavy atom. The topological polar surface area (TPSA) is 573 Å². The van der Waals surface area contributed by atoms with E-state index in [0.29, 0.717) is 106 Å². The third-order valence-electron chi connectivity index (χ3n) is 19.5. The van der Waals surface area contributed by atoms with E-state index in [4.69, 9.17) is 54.2 Å². The number of methoxy groups -OCH3 is 2. The zero-order valence-corrected chi connectivity index (χ0v) is 78.6. The average molecular weight is 2080 g/mol. The first-order valence-electron chi connectivity index (χ1n) is 37.5. The van der Waals surface area contributed by atoms with Gasteiger partial charge >= 0.3 is 0 Å². The van der Waals surface area contributed by atoms with Crippen LogP contribution in [0, 0.1) is 13.8 Å². The summed E-state index contributed by atoms with van der Waals surface area (Å²) in [5.41, 5.74) is 1.84. The van der Waals surface area contributed by atoms with Crippen molar-refractivity contribution in [2.75, 3.05) is 14.2 Å². The van der Waals surface area contributed by atoms with Crippen LogP contribution >= 0.6 is 48.2 Å². The predicted octanol–water partition coefficient (Wildman–Crippen LogP) is 18.0. The first-order valence-corrected chi connectivity index (χ1v) is 52.1. The molecule has 0 saturated heterocycles. The minimum absolute atomic E-state index is 0.0180. The van der Waals surface area contributed by atoms with Crippen molar-refractivity contribution in [3.05, 3.63) is 277 Å². The van der Waals surface area contributed by atoms with E-state index < -0.39 is 121 Å². The molecule has 0 bridgehead atoms. The molecular formula is C84H66O39S12. The average Bonchev–Trinajstić information content (AvgIpc) is 0.432. The summed E-state index contributed by atoms with van der Waals surface area (Å²) in [5.74, 6) is -0.461. The summed E-state index contributed by atoms with van der Waals surface area (Å²) in [6.07, 6.45) is 0. The van der Waals surface area contributed by atoms with Gasteiger partial charge in [0, 0.05) is 9.79 Å². The third kappa shape index (κ3) is 24.1. The minimum Gasteiger partial charge on any atom is -0.497 e. The molecule has 51 heteroatoms. The molecule has 14 aromatic rings. The number of benzene rings is 14. The van der Waals surface area contributed by atoms with E-state index in [9.17, 15) is 85.6 Å². The largest absolute Gasteiger partial charge is 0.497 e.